The Labute approximate surface area is 106 Å². The molecule has 92 valence electrons. The Balaban J connectivity index is 2.55. The largest absolute Gasteiger partial charge is 0.332 e. The second kappa shape index (κ2) is 8.70. The molecular weight excluding hydrogens is 206 g/mol. The van der Waals surface area contributed by atoms with E-state index in [2.05, 4.69) is 42.8 Å². The molecule has 1 nitrogen and oxygen atoms in total. The molecule has 0 aliphatic rings. The Bertz CT molecular complexity index is 337. The summed E-state index contributed by atoms with van der Waals surface area (Å²) in [5.41, 5.74) is 1.10. The maximum absolute atomic E-state index is 3.29. The molecule has 0 fully saturated rings. The number of nitrogens with zero attached hydrogens (tertiary/aromatic N) is 1. The highest BCUT2D eigenvalue weighted by Crippen LogP contribution is 1.99. The minimum atomic E-state index is 1.09. The van der Waals surface area contributed by atoms with Gasteiger partial charge in [-0.15, -0.1) is 0 Å². The first-order valence-electron chi connectivity index (χ1n) is 6.68. The molecule has 0 N–H and O–H groups in total. The van der Waals surface area contributed by atoms with Gasteiger partial charge in [-0.25, -0.2) is 0 Å². The van der Waals surface area contributed by atoms with Crippen molar-refractivity contribution in [2.24, 2.45) is 0 Å². The zero-order valence-electron chi connectivity index (χ0n) is 11.1. The maximum atomic E-state index is 3.29. The average molecular weight is 229 g/mol. The van der Waals surface area contributed by atoms with E-state index in [9.17, 15) is 0 Å². The Morgan fingerprint density at radius 1 is 0.941 bits per heavy atom. The lowest BCUT2D eigenvalue weighted by molar-refractivity contribution is 0.380. The lowest BCUT2D eigenvalue weighted by Gasteiger charge is -2.16. The summed E-state index contributed by atoms with van der Waals surface area (Å²) in [7, 11) is 0. The van der Waals surface area contributed by atoms with E-state index in [-0.39, 0.29) is 0 Å². The van der Waals surface area contributed by atoms with Crippen LogP contribution in [0.15, 0.2) is 30.3 Å². The first-order chi connectivity index (χ1) is 8.36. The van der Waals surface area contributed by atoms with Crippen molar-refractivity contribution in [1.29, 1.82) is 0 Å². The molecule has 0 spiro atoms. The highest BCUT2D eigenvalue weighted by molar-refractivity contribution is 5.33. The van der Waals surface area contributed by atoms with E-state index >= 15 is 0 Å². The van der Waals surface area contributed by atoms with E-state index in [0.717, 1.165) is 18.7 Å². The van der Waals surface area contributed by atoms with Crippen molar-refractivity contribution in [1.82, 2.24) is 4.90 Å². The van der Waals surface area contributed by atoms with E-state index in [1.54, 1.807) is 0 Å². The van der Waals surface area contributed by atoms with Gasteiger partial charge in [-0.2, -0.15) is 0 Å². The standard InChI is InChI=1S/C16H23N/c1-3-5-13-17(14-6-4-2)15-12-16-10-8-7-9-11-16/h7-11H,3-6,13-14H2,1-2H3. The highest BCUT2D eigenvalue weighted by Gasteiger charge is 1.97. The van der Waals surface area contributed by atoms with Gasteiger partial charge in [-0.1, -0.05) is 44.9 Å². The minimum absolute atomic E-state index is 1.09. The predicted molar refractivity (Wildman–Crippen MR) is 74.7 cm³/mol. The second-order valence-corrected chi connectivity index (χ2v) is 4.30. The van der Waals surface area contributed by atoms with Gasteiger partial charge in [-0.3, -0.25) is 0 Å². The third kappa shape index (κ3) is 6.02. The summed E-state index contributed by atoms with van der Waals surface area (Å²) in [6.45, 7) is 6.64. The molecule has 0 heterocycles. The summed E-state index contributed by atoms with van der Waals surface area (Å²) in [5.74, 6) is 3.24. The summed E-state index contributed by atoms with van der Waals surface area (Å²) < 4.78 is 0. The zero-order chi connectivity index (χ0) is 12.3. The molecule has 1 rings (SSSR count). The second-order valence-electron chi connectivity index (χ2n) is 4.30. The Morgan fingerprint density at radius 2 is 1.53 bits per heavy atom. The molecule has 1 aromatic rings. The van der Waals surface area contributed by atoms with Gasteiger partial charge in [0.1, 0.15) is 0 Å². The van der Waals surface area contributed by atoms with E-state index in [0.29, 0.717) is 0 Å². The number of unbranched alkanes of at least 4 members (excludes halogenated alkanes) is 2. The van der Waals surface area contributed by atoms with Crippen LogP contribution in [0.4, 0.5) is 0 Å². The minimum Gasteiger partial charge on any atom is -0.332 e. The molecular formula is C16H23N. The molecule has 0 aliphatic heterocycles. The van der Waals surface area contributed by atoms with Crippen LogP contribution in [-0.4, -0.2) is 18.0 Å². The van der Waals surface area contributed by atoms with Crippen molar-refractivity contribution >= 4 is 0 Å². The average Bonchev–Trinajstić information content (AvgIpc) is 2.39. The van der Waals surface area contributed by atoms with Gasteiger partial charge in [0.2, 0.25) is 0 Å². The lowest BCUT2D eigenvalue weighted by atomic mass is 10.2. The first kappa shape index (κ1) is 13.6. The van der Waals surface area contributed by atoms with Gasteiger partial charge in [0.05, 0.1) is 0 Å². The SMILES string of the molecule is CCCCN(C#Cc1ccccc1)CCCC. The van der Waals surface area contributed by atoms with Crippen molar-refractivity contribution in [3.8, 4) is 12.0 Å². The summed E-state index contributed by atoms with van der Waals surface area (Å²) in [6.07, 6.45) is 4.92. The van der Waals surface area contributed by atoms with Crippen LogP contribution in [0.5, 0.6) is 0 Å². The Morgan fingerprint density at radius 3 is 2.06 bits per heavy atom. The molecule has 0 saturated carbocycles. The van der Waals surface area contributed by atoms with Crippen molar-refractivity contribution in [2.45, 2.75) is 39.5 Å². The summed E-state index contributed by atoms with van der Waals surface area (Å²) in [6, 6.07) is 13.5. The quantitative estimate of drug-likeness (QED) is 0.528. The van der Waals surface area contributed by atoms with Gasteiger partial charge in [-0.05, 0) is 30.9 Å². The first-order valence-corrected chi connectivity index (χ1v) is 6.68. The van der Waals surface area contributed by atoms with Gasteiger partial charge in [0.15, 0.2) is 0 Å². The van der Waals surface area contributed by atoms with E-state index < -0.39 is 0 Å². The molecule has 1 aromatic carbocycles. The number of rotatable bonds is 6. The molecule has 17 heavy (non-hydrogen) atoms. The third-order valence-electron chi connectivity index (χ3n) is 2.70. The topological polar surface area (TPSA) is 3.24 Å². The van der Waals surface area contributed by atoms with Crippen molar-refractivity contribution in [3.05, 3.63) is 35.9 Å². The van der Waals surface area contributed by atoms with Gasteiger partial charge >= 0.3 is 0 Å². The molecule has 1 heteroatoms. The fourth-order valence-electron chi connectivity index (χ4n) is 1.59. The van der Waals surface area contributed by atoms with E-state index in [1.165, 1.54) is 25.7 Å². The summed E-state index contributed by atoms with van der Waals surface area (Å²) in [4.78, 5) is 2.26. The summed E-state index contributed by atoms with van der Waals surface area (Å²) >= 11 is 0. The van der Waals surface area contributed by atoms with Crippen LogP contribution in [0.25, 0.3) is 0 Å². The van der Waals surface area contributed by atoms with Crippen LogP contribution in [-0.2, 0) is 0 Å². The Hall–Kier alpha value is -1.42. The molecule has 0 saturated heterocycles. The Kier molecular flexibility index (Phi) is 6.98. The zero-order valence-corrected chi connectivity index (χ0v) is 11.1. The third-order valence-corrected chi connectivity index (χ3v) is 2.70. The van der Waals surface area contributed by atoms with Gasteiger partial charge in [0, 0.05) is 24.7 Å². The summed E-state index contributed by atoms with van der Waals surface area (Å²) in [5, 5.41) is 0. The number of benzene rings is 1. The maximum Gasteiger partial charge on any atom is 0.0263 e. The fraction of sp³-hybridized carbons (Fsp3) is 0.500. The van der Waals surface area contributed by atoms with Gasteiger partial charge in [0.25, 0.3) is 0 Å². The molecule has 0 unspecified atom stereocenters. The molecule has 0 aromatic heterocycles. The lowest BCUT2D eigenvalue weighted by Crippen LogP contribution is -2.20. The molecule has 0 aliphatic carbocycles. The van der Waals surface area contributed by atoms with E-state index in [1.807, 2.05) is 18.2 Å². The van der Waals surface area contributed by atoms with Crippen LogP contribution in [0.3, 0.4) is 0 Å². The van der Waals surface area contributed by atoms with Gasteiger partial charge < -0.3 is 4.90 Å². The molecule has 0 atom stereocenters. The van der Waals surface area contributed by atoms with Crippen LogP contribution in [0, 0.1) is 12.0 Å². The highest BCUT2D eigenvalue weighted by atomic mass is 15.1. The molecule has 0 bridgehead atoms. The monoisotopic (exact) mass is 229 g/mol. The van der Waals surface area contributed by atoms with Crippen LogP contribution < -0.4 is 0 Å². The predicted octanol–water partition coefficient (Wildman–Crippen LogP) is 3.90. The van der Waals surface area contributed by atoms with Crippen LogP contribution in [0.1, 0.15) is 45.1 Å². The van der Waals surface area contributed by atoms with Crippen molar-refractivity contribution < 1.29 is 0 Å². The fourth-order valence-corrected chi connectivity index (χ4v) is 1.59. The van der Waals surface area contributed by atoms with Crippen molar-refractivity contribution in [3.63, 3.8) is 0 Å². The molecule has 0 radical (unpaired) electrons. The smallest absolute Gasteiger partial charge is 0.0263 e. The van der Waals surface area contributed by atoms with Crippen molar-refractivity contribution in [2.75, 3.05) is 13.1 Å². The molecule has 0 amide bonds. The number of hydrogen-bond acceptors (Lipinski definition) is 1. The van der Waals surface area contributed by atoms with Crippen LogP contribution >= 0.6 is 0 Å². The normalized spacial score (nSPS) is 9.53. The number of hydrogen-bond donors (Lipinski definition) is 0. The van der Waals surface area contributed by atoms with E-state index in [4.69, 9.17) is 0 Å². The van der Waals surface area contributed by atoms with Crippen LogP contribution in [0.2, 0.25) is 0 Å².